The van der Waals surface area contributed by atoms with Gasteiger partial charge in [-0.2, -0.15) is 0 Å². The number of nitrogens with one attached hydrogen (secondary N) is 2. The van der Waals surface area contributed by atoms with E-state index in [1.165, 1.54) is 18.6 Å². The topological polar surface area (TPSA) is 61.4 Å². The van der Waals surface area contributed by atoms with E-state index in [1.54, 1.807) is 0 Å². The third-order valence-electron chi connectivity index (χ3n) is 3.18. The van der Waals surface area contributed by atoms with Crippen molar-refractivity contribution in [1.82, 2.24) is 5.32 Å². The summed E-state index contributed by atoms with van der Waals surface area (Å²) >= 11 is 11.6. The van der Waals surface area contributed by atoms with Gasteiger partial charge in [0, 0.05) is 18.2 Å². The Morgan fingerprint density at radius 3 is 2.68 bits per heavy atom. The van der Waals surface area contributed by atoms with E-state index in [0.717, 1.165) is 19.4 Å². The summed E-state index contributed by atoms with van der Waals surface area (Å²) in [7, 11) is 0. The molecule has 0 radical (unpaired) electrons. The molecule has 0 saturated carbocycles. The highest BCUT2D eigenvalue weighted by atomic mass is 35.5. The summed E-state index contributed by atoms with van der Waals surface area (Å²) in [5.74, 6) is -0.247. The number of amides is 1. The lowest BCUT2D eigenvalue weighted by atomic mass is 10.1. The molecule has 104 valence electrons. The summed E-state index contributed by atoms with van der Waals surface area (Å²) in [5.41, 5.74) is 0.497. The molecule has 1 unspecified atom stereocenters. The fourth-order valence-electron chi connectivity index (χ4n) is 2.17. The number of phenols is 1. The van der Waals surface area contributed by atoms with Crippen LogP contribution in [0.2, 0.25) is 10.0 Å². The van der Waals surface area contributed by atoms with Crippen LogP contribution in [0.4, 0.5) is 5.69 Å². The van der Waals surface area contributed by atoms with Gasteiger partial charge in [-0.25, -0.2) is 0 Å². The van der Waals surface area contributed by atoms with E-state index in [4.69, 9.17) is 23.2 Å². The summed E-state index contributed by atoms with van der Waals surface area (Å²) in [6, 6.07) is 3.40. The molecule has 3 N–H and O–H groups in total. The first-order chi connectivity index (χ1) is 9.06. The Bertz CT molecular complexity index is 451. The minimum atomic E-state index is -0.170. The van der Waals surface area contributed by atoms with Gasteiger partial charge in [0.2, 0.25) is 5.91 Å². The molecule has 1 aromatic rings. The number of rotatable bonds is 4. The standard InChI is InChI=1S/C13H16Cl2N2O2/c14-10-6-9(7-11(15)13(10)19)17-12(18)4-3-8-2-1-5-16-8/h6-8,16,19H,1-5H2,(H,17,18). The smallest absolute Gasteiger partial charge is 0.224 e. The van der Waals surface area contributed by atoms with Crippen molar-refractivity contribution in [3.63, 3.8) is 0 Å². The van der Waals surface area contributed by atoms with Gasteiger partial charge in [-0.15, -0.1) is 0 Å². The fraction of sp³-hybridized carbons (Fsp3) is 0.462. The largest absolute Gasteiger partial charge is 0.505 e. The number of benzene rings is 1. The zero-order chi connectivity index (χ0) is 13.8. The van der Waals surface area contributed by atoms with Gasteiger partial charge in [0.25, 0.3) is 0 Å². The summed E-state index contributed by atoms with van der Waals surface area (Å²) in [5, 5.41) is 15.8. The molecule has 1 atom stereocenters. The molecular weight excluding hydrogens is 287 g/mol. The van der Waals surface area contributed by atoms with E-state index in [0.29, 0.717) is 18.2 Å². The molecule has 1 aliphatic heterocycles. The number of anilines is 1. The first kappa shape index (κ1) is 14.4. The van der Waals surface area contributed by atoms with Crippen LogP contribution in [-0.2, 0) is 4.79 Å². The Kier molecular flexibility index (Phi) is 4.91. The van der Waals surface area contributed by atoms with Gasteiger partial charge in [-0.3, -0.25) is 4.79 Å². The second kappa shape index (κ2) is 6.46. The lowest BCUT2D eigenvalue weighted by Crippen LogP contribution is -2.23. The van der Waals surface area contributed by atoms with E-state index in [2.05, 4.69) is 10.6 Å². The first-order valence-corrected chi connectivity index (χ1v) is 7.03. The normalized spacial score (nSPS) is 18.5. The number of hydrogen-bond donors (Lipinski definition) is 3. The minimum Gasteiger partial charge on any atom is -0.505 e. The van der Waals surface area contributed by atoms with E-state index in [1.807, 2.05) is 0 Å². The molecule has 0 spiro atoms. The van der Waals surface area contributed by atoms with Crippen molar-refractivity contribution in [2.45, 2.75) is 31.7 Å². The second-order valence-electron chi connectivity index (χ2n) is 4.67. The highest BCUT2D eigenvalue weighted by Gasteiger charge is 2.15. The van der Waals surface area contributed by atoms with Crippen LogP contribution in [0, 0.1) is 0 Å². The van der Waals surface area contributed by atoms with Crippen LogP contribution in [0.25, 0.3) is 0 Å². The minimum absolute atomic E-state index is 0.0773. The molecule has 1 aliphatic rings. The van der Waals surface area contributed by atoms with Crippen molar-refractivity contribution >= 4 is 34.8 Å². The van der Waals surface area contributed by atoms with Crippen LogP contribution in [0.5, 0.6) is 5.75 Å². The zero-order valence-corrected chi connectivity index (χ0v) is 11.9. The van der Waals surface area contributed by atoms with E-state index in [9.17, 15) is 9.90 Å². The predicted octanol–water partition coefficient (Wildman–Crippen LogP) is 3.17. The summed E-state index contributed by atoms with van der Waals surface area (Å²) < 4.78 is 0. The molecule has 0 aromatic heterocycles. The maximum Gasteiger partial charge on any atom is 0.224 e. The molecule has 1 aromatic carbocycles. The molecule has 0 bridgehead atoms. The lowest BCUT2D eigenvalue weighted by Gasteiger charge is -2.11. The van der Waals surface area contributed by atoms with Crippen LogP contribution < -0.4 is 10.6 Å². The van der Waals surface area contributed by atoms with Crippen LogP contribution in [-0.4, -0.2) is 23.6 Å². The van der Waals surface area contributed by atoms with E-state index < -0.39 is 0 Å². The predicted molar refractivity (Wildman–Crippen MR) is 77.0 cm³/mol. The Balaban J connectivity index is 1.87. The van der Waals surface area contributed by atoms with Crippen LogP contribution in [0.3, 0.4) is 0 Å². The van der Waals surface area contributed by atoms with Gasteiger partial charge in [-0.05, 0) is 37.9 Å². The molecule has 2 rings (SSSR count). The molecule has 1 fully saturated rings. The van der Waals surface area contributed by atoms with Gasteiger partial charge in [0.15, 0.2) is 5.75 Å². The number of halogens is 2. The number of hydrogen-bond acceptors (Lipinski definition) is 3. The second-order valence-corrected chi connectivity index (χ2v) is 5.48. The van der Waals surface area contributed by atoms with Crippen molar-refractivity contribution in [2.75, 3.05) is 11.9 Å². The molecule has 6 heteroatoms. The summed E-state index contributed by atoms with van der Waals surface area (Å²) in [6.07, 6.45) is 3.58. The zero-order valence-electron chi connectivity index (χ0n) is 10.4. The van der Waals surface area contributed by atoms with Crippen molar-refractivity contribution in [2.24, 2.45) is 0 Å². The first-order valence-electron chi connectivity index (χ1n) is 6.27. The lowest BCUT2D eigenvalue weighted by molar-refractivity contribution is -0.116. The van der Waals surface area contributed by atoms with Gasteiger partial charge in [0.05, 0.1) is 10.0 Å². The highest BCUT2D eigenvalue weighted by molar-refractivity contribution is 6.37. The van der Waals surface area contributed by atoms with Gasteiger partial charge >= 0.3 is 0 Å². The van der Waals surface area contributed by atoms with Crippen molar-refractivity contribution < 1.29 is 9.90 Å². The Morgan fingerprint density at radius 2 is 2.11 bits per heavy atom. The monoisotopic (exact) mass is 302 g/mol. The van der Waals surface area contributed by atoms with Crippen LogP contribution in [0.1, 0.15) is 25.7 Å². The Labute approximate surface area is 122 Å². The summed E-state index contributed by atoms with van der Waals surface area (Å²) in [6.45, 7) is 1.04. The fourth-order valence-corrected chi connectivity index (χ4v) is 2.66. The average molecular weight is 303 g/mol. The number of phenolic OH excluding ortho intramolecular Hbond substituents is 1. The van der Waals surface area contributed by atoms with Gasteiger partial charge in [-0.1, -0.05) is 23.2 Å². The Morgan fingerprint density at radius 1 is 1.42 bits per heavy atom. The molecule has 1 saturated heterocycles. The number of carbonyl (C=O) groups excluding carboxylic acids is 1. The maximum atomic E-state index is 11.8. The third-order valence-corrected chi connectivity index (χ3v) is 3.76. The molecular formula is C13H16Cl2N2O2. The highest BCUT2D eigenvalue weighted by Crippen LogP contribution is 2.34. The van der Waals surface area contributed by atoms with E-state index >= 15 is 0 Å². The van der Waals surface area contributed by atoms with Crippen LogP contribution in [0.15, 0.2) is 12.1 Å². The SMILES string of the molecule is O=C(CCC1CCCN1)Nc1cc(Cl)c(O)c(Cl)c1. The molecule has 1 amide bonds. The number of aromatic hydroxyl groups is 1. The quantitative estimate of drug-likeness (QED) is 0.749. The average Bonchev–Trinajstić information content (AvgIpc) is 2.86. The third kappa shape index (κ3) is 4.00. The van der Waals surface area contributed by atoms with Gasteiger partial charge in [0.1, 0.15) is 0 Å². The maximum absolute atomic E-state index is 11.8. The van der Waals surface area contributed by atoms with Crippen molar-refractivity contribution in [1.29, 1.82) is 0 Å². The molecule has 0 aliphatic carbocycles. The van der Waals surface area contributed by atoms with Crippen LogP contribution >= 0.6 is 23.2 Å². The van der Waals surface area contributed by atoms with Gasteiger partial charge < -0.3 is 15.7 Å². The van der Waals surface area contributed by atoms with Crippen molar-refractivity contribution in [3.05, 3.63) is 22.2 Å². The van der Waals surface area contributed by atoms with E-state index in [-0.39, 0.29) is 21.7 Å². The number of carbonyl (C=O) groups is 1. The molecule has 19 heavy (non-hydrogen) atoms. The molecule has 1 heterocycles. The van der Waals surface area contributed by atoms with Crippen molar-refractivity contribution in [3.8, 4) is 5.75 Å². The summed E-state index contributed by atoms with van der Waals surface area (Å²) in [4.78, 5) is 11.8. The Hall–Kier alpha value is -0.970. The molecule has 4 nitrogen and oxygen atoms in total.